The molecule has 0 aliphatic rings. The summed E-state index contributed by atoms with van der Waals surface area (Å²) >= 11 is 5.96. The number of rotatable bonds is 5. The van der Waals surface area contributed by atoms with Gasteiger partial charge in [0.25, 0.3) is 0 Å². The lowest BCUT2D eigenvalue weighted by molar-refractivity contribution is -0.131. The van der Waals surface area contributed by atoms with Crippen molar-refractivity contribution in [3.8, 4) is 0 Å². The Bertz CT molecular complexity index is 449. The van der Waals surface area contributed by atoms with Crippen LogP contribution in [0.15, 0.2) is 24.3 Å². The molecule has 0 heterocycles. The molecule has 0 saturated heterocycles. The van der Waals surface area contributed by atoms with Crippen LogP contribution in [0.1, 0.15) is 6.42 Å². The molecule has 98 valence electrons. The summed E-state index contributed by atoms with van der Waals surface area (Å²) in [4.78, 5) is 24.3. The predicted molar refractivity (Wildman–Crippen MR) is 71.4 cm³/mol. The summed E-state index contributed by atoms with van der Waals surface area (Å²) in [6, 6.07) is 6.19. The van der Waals surface area contributed by atoms with E-state index in [9.17, 15) is 9.59 Å². The Hall–Kier alpha value is -1.75. The van der Waals surface area contributed by atoms with E-state index in [2.05, 4.69) is 5.32 Å². The van der Waals surface area contributed by atoms with Crippen LogP contribution in [-0.4, -0.2) is 36.9 Å². The van der Waals surface area contributed by atoms with Crippen molar-refractivity contribution in [2.45, 2.75) is 12.5 Å². The molecule has 1 unspecified atom stereocenters. The van der Waals surface area contributed by atoms with Gasteiger partial charge >= 0.3 is 0 Å². The minimum absolute atomic E-state index is 0.00639. The molecule has 1 aromatic rings. The number of nitrogens with zero attached hydrogens (tertiary/aromatic N) is 1. The molecular formula is C12H16ClN3O2. The van der Waals surface area contributed by atoms with Crippen LogP contribution in [0.2, 0.25) is 5.02 Å². The highest BCUT2D eigenvalue weighted by atomic mass is 35.5. The first-order valence-electron chi connectivity index (χ1n) is 5.42. The number of hydrogen-bond acceptors (Lipinski definition) is 3. The Kier molecular flexibility index (Phi) is 4.97. The van der Waals surface area contributed by atoms with E-state index in [0.29, 0.717) is 10.7 Å². The van der Waals surface area contributed by atoms with Crippen molar-refractivity contribution >= 4 is 29.1 Å². The van der Waals surface area contributed by atoms with Gasteiger partial charge < -0.3 is 16.0 Å². The van der Waals surface area contributed by atoms with Crippen LogP contribution in [0.25, 0.3) is 0 Å². The second-order valence-corrected chi connectivity index (χ2v) is 4.48. The normalized spacial score (nSPS) is 11.7. The zero-order chi connectivity index (χ0) is 13.7. The van der Waals surface area contributed by atoms with Gasteiger partial charge in [-0.25, -0.2) is 0 Å². The van der Waals surface area contributed by atoms with Crippen LogP contribution in [0.3, 0.4) is 0 Å². The molecule has 5 nitrogen and oxygen atoms in total. The first-order valence-corrected chi connectivity index (χ1v) is 5.80. The van der Waals surface area contributed by atoms with Crippen molar-refractivity contribution < 1.29 is 9.59 Å². The van der Waals surface area contributed by atoms with Gasteiger partial charge in [0.15, 0.2) is 0 Å². The maximum Gasteiger partial charge on any atom is 0.240 e. The molecule has 0 spiro atoms. The standard InChI is InChI=1S/C12H16ClN3O2/c1-16(2)11(17)7-10(12(14)18)15-9-6-4-3-5-8(9)13/h3-6,10,15H,7H2,1-2H3,(H2,14,18). The molecule has 18 heavy (non-hydrogen) atoms. The fourth-order valence-corrected chi connectivity index (χ4v) is 1.54. The molecule has 0 aliphatic carbocycles. The van der Waals surface area contributed by atoms with E-state index in [0.717, 1.165) is 0 Å². The van der Waals surface area contributed by atoms with Crippen LogP contribution in [0.4, 0.5) is 5.69 Å². The molecule has 0 fully saturated rings. The van der Waals surface area contributed by atoms with Crippen LogP contribution < -0.4 is 11.1 Å². The fourth-order valence-electron chi connectivity index (χ4n) is 1.35. The number of carbonyl (C=O) groups is 2. The summed E-state index contributed by atoms with van der Waals surface area (Å²) in [5, 5.41) is 3.35. The number of halogens is 1. The number of hydrogen-bond donors (Lipinski definition) is 2. The summed E-state index contributed by atoms with van der Waals surface area (Å²) in [5.74, 6) is -0.775. The Balaban J connectivity index is 2.79. The van der Waals surface area contributed by atoms with Gasteiger partial charge in [-0.1, -0.05) is 23.7 Å². The smallest absolute Gasteiger partial charge is 0.240 e. The average molecular weight is 270 g/mol. The predicted octanol–water partition coefficient (Wildman–Crippen LogP) is 1.08. The maximum atomic E-state index is 11.6. The Morgan fingerprint density at radius 2 is 2.00 bits per heavy atom. The molecule has 3 N–H and O–H groups in total. The average Bonchev–Trinajstić information content (AvgIpc) is 2.30. The lowest BCUT2D eigenvalue weighted by atomic mass is 10.1. The number of carbonyl (C=O) groups excluding carboxylic acids is 2. The summed E-state index contributed by atoms with van der Waals surface area (Å²) in [6.45, 7) is 0. The van der Waals surface area contributed by atoms with E-state index in [1.807, 2.05) is 0 Å². The molecule has 0 bridgehead atoms. The lowest BCUT2D eigenvalue weighted by Crippen LogP contribution is -2.39. The van der Waals surface area contributed by atoms with E-state index in [-0.39, 0.29) is 12.3 Å². The molecule has 1 atom stereocenters. The topological polar surface area (TPSA) is 75.4 Å². The SMILES string of the molecule is CN(C)C(=O)CC(Nc1ccccc1Cl)C(N)=O. The van der Waals surface area contributed by atoms with Gasteiger partial charge in [0.05, 0.1) is 17.1 Å². The third-order valence-corrected chi connectivity index (χ3v) is 2.75. The Morgan fingerprint density at radius 1 is 1.39 bits per heavy atom. The first kappa shape index (κ1) is 14.3. The Morgan fingerprint density at radius 3 is 2.50 bits per heavy atom. The Labute approximate surface area is 111 Å². The highest BCUT2D eigenvalue weighted by molar-refractivity contribution is 6.33. The summed E-state index contributed by atoms with van der Waals surface area (Å²) < 4.78 is 0. The van der Waals surface area contributed by atoms with E-state index in [4.69, 9.17) is 17.3 Å². The largest absolute Gasteiger partial charge is 0.372 e. The first-order chi connectivity index (χ1) is 8.41. The number of nitrogens with two attached hydrogens (primary N) is 1. The molecule has 0 saturated carbocycles. The van der Waals surface area contributed by atoms with Crippen molar-refractivity contribution in [1.82, 2.24) is 4.90 Å². The third kappa shape index (κ3) is 3.92. The van der Waals surface area contributed by atoms with Gasteiger partial charge in [-0.3, -0.25) is 9.59 Å². The number of para-hydroxylation sites is 1. The number of nitrogens with one attached hydrogen (secondary N) is 1. The molecule has 1 aromatic carbocycles. The third-order valence-electron chi connectivity index (χ3n) is 2.42. The highest BCUT2D eigenvalue weighted by Gasteiger charge is 2.20. The second kappa shape index (κ2) is 6.26. The van der Waals surface area contributed by atoms with Crippen LogP contribution in [0, 0.1) is 0 Å². The molecule has 2 amide bonds. The minimum Gasteiger partial charge on any atom is -0.372 e. The summed E-state index contributed by atoms with van der Waals surface area (Å²) in [7, 11) is 3.24. The van der Waals surface area contributed by atoms with Gasteiger partial charge in [-0.05, 0) is 12.1 Å². The zero-order valence-electron chi connectivity index (χ0n) is 10.3. The van der Waals surface area contributed by atoms with Crippen LogP contribution >= 0.6 is 11.6 Å². The summed E-state index contributed by atoms with van der Waals surface area (Å²) in [5.41, 5.74) is 5.85. The van der Waals surface area contributed by atoms with Crippen LogP contribution in [-0.2, 0) is 9.59 Å². The van der Waals surface area contributed by atoms with E-state index in [1.54, 1.807) is 38.4 Å². The quantitative estimate of drug-likeness (QED) is 0.840. The van der Waals surface area contributed by atoms with Crippen LogP contribution in [0.5, 0.6) is 0 Å². The molecular weight excluding hydrogens is 254 g/mol. The van der Waals surface area contributed by atoms with Crippen molar-refractivity contribution in [2.75, 3.05) is 19.4 Å². The molecule has 1 rings (SSSR count). The number of amides is 2. The van der Waals surface area contributed by atoms with Crippen molar-refractivity contribution in [3.05, 3.63) is 29.3 Å². The maximum absolute atomic E-state index is 11.6. The van der Waals surface area contributed by atoms with Gasteiger partial charge in [-0.15, -0.1) is 0 Å². The van der Waals surface area contributed by atoms with Crippen molar-refractivity contribution in [2.24, 2.45) is 5.73 Å². The van der Waals surface area contributed by atoms with Crippen molar-refractivity contribution in [1.29, 1.82) is 0 Å². The van der Waals surface area contributed by atoms with E-state index < -0.39 is 11.9 Å². The number of benzene rings is 1. The number of primary amides is 1. The van der Waals surface area contributed by atoms with Gasteiger partial charge in [0, 0.05) is 14.1 Å². The molecule has 0 radical (unpaired) electrons. The second-order valence-electron chi connectivity index (χ2n) is 4.07. The molecule has 0 aromatic heterocycles. The zero-order valence-corrected chi connectivity index (χ0v) is 11.1. The van der Waals surface area contributed by atoms with E-state index >= 15 is 0 Å². The minimum atomic E-state index is -0.778. The van der Waals surface area contributed by atoms with Gasteiger partial charge in [0.2, 0.25) is 11.8 Å². The molecule has 0 aliphatic heterocycles. The monoisotopic (exact) mass is 269 g/mol. The highest BCUT2D eigenvalue weighted by Crippen LogP contribution is 2.21. The summed E-state index contributed by atoms with van der Waals surface area (Å²) in [6.07, 6.45) is -0.00639. The van der Waals surface area contributed by atoms with Crippen molar-refractivity contribution in [3.63, 3.8) is 0 Å². The van der Waals surface area contributed by atoms with Gasteiger partial charge in [-0.2, -0.15) is 0 Å². The fraction of sp³-hybridized carbons (Fsp3) is 0.333. The van der Waals surface area contributed by atoms with E-state index in [1.165, 1.54) is 4.90 Å². The lowest BCUT2D eigenvalue weighted by Gasteiger charge is -2.19. The molecule has 6 heteroatoms. The van der Waals surface area contributed by atoms with Gasteiger partial charge in [0.1, 0.15) is 6.04 Å². The number of anilines is 1.